The van der Waals surface area contributed by atoms with Gasteiger partial charge in [0.15, 0.2) is 0 Å². The second-order valence-electron chi connectivity index (χ2n) is 16.3. The van der Waals surface area contributed by atoms with E-state index >= 15 is 0 Å². The molecule has 230 valence electrons. The van der Waals surface area contributed by atoms with Crippen LogP contribution in [-0.2, 0) is 0 Å². The van der Waals surface area contributed by atoms with Crippen molar-refractivity contribution in [2.45, 2.75) is 78.6 Å². The van der Waals surface area contributed by atoms with E-state index < -0.39 is 32.3 Å². The lowest BCUT2D eigenvalue weighted by Crippen LogP contribution is -2.16. The average Bonchev–Trinajstić information content (AvgIpc) is 2.93. The maximum absolute atomic E-state index is 4.58. The molecule has 46 heavy (non-hydrogen) atoms. The minimum atomic E-state index is -1.68. The van der Waals surface area contributed by atoms with Crippen LogP contribution in [0.15, 0.2) is 49.1 Å². The molecule has 2 nitrogen and oxygen atoms in total. The van der Waals surface area contributed by atoms with Crippen LogP contribution < -0.4 is 0 Å². The van der Waals surface area contributed by atoms with Crippen LogP contribution in [0.25, 0.3) is 43.1 Å². The van der Waals surface area contributed by atoms with Gasteiger partial charge in [-0.3, -0.25) is 9.97 Å². The van der Waals surface area contributed by atoms with Gasteiger partial charge in [-0.15, -0.1) is 22.2 Å². The maximum atomic E-state index is 4.58. The Morgan fingerprint density at radius 1 is 0.370 bits per heavy atom. The predicted octanol–water partition coefficient (Wildman–Crippen LogP) is 10.0. The number of benzene rings is 3. The van der Waals surface area contributed by atoms with Crippen LogP contribution in [0.1, 0.15) is 22.3 Å². The lowest BCUT2D eigenvalue weighted by atomic mass is 9.87. The second-order valence-corrected chi connectivity index (χ2v) is 35.3. The van der Waals surface area contributed by atoms with Gasteiger partial charge in [0.05, 0.1) is 0 Å². The summed E-state index contributed by atoms with van der Waals surface area (Å²) in [6.45, 7) is 27.5. The Bertz CT molecular complexity index is 1990. The van der Waals surface area contributed by atoms with Gasteiger partial charge in [-0.2, -0.15) is 0 Å². The molecule has 0 atom stereocenters. The molecule has 0 radical (unpaired) electrons. The molecule has 0 spiro atoms. The highest BCUT2D eigenvalue weighted by molar-refractivity contribution is 6.85. The number of fused-ring (bicyclic) bond motifs is 4. The normalized spacial score (nSPS) is 12.1. The highest BCUT2D eigenvalue weighted by Crippen LogP contribution is 2.39. The van der Waals surface area contributed by atoms with E-state index in [9.17, 15) is 0 Å². The fraction of sp³-hybridized carbons (Fsp3) is 0.300. The number of hydrogen-bond acceptors (Lipinski definition) is 2. The first-order valence-electron chi connectivity index (χ1n) is 16.0. The first-order valence-corrected chi connectivity index (χ1v) is 30.0. The second kappa shape index (κ2) is 12.0. The van der Waals surface area contributed by atoms with Crippen molar-refractivity contribution in [1.82, 2.24) is 9.97 Å². The zero-order valence-electron chi connectivity index (χ0n) is 29.5. The summed E-state index contributed by atoms with van der Waals surface area (Å²) in [7, 11) is -6.73. The molecule has 0 aliphatic heterocycles. The highest BCUT2D eigenvalue weighted by atomic mass is 28.3. The van der Waals surface area contributed by atoms with E-state index in [1.54, 1.807) is 0 Å². The predicted molar refractivity (Wildman–Crippen MR) is 213 cm³/mol. The Morgan fingerprint density at radius 3 is 0.891 bits per heavy atom. The van der Waals surface area contributed by atoms with Gasteiger partial charge < -0.3 is 0 Å². The van der Waals surface area contributed by atoms with Crippen molar-refractivity contribution in [3.63, 3.8) is 0 Å². The molecule has 0 bridgehead atoms. The van der Waals surface area contributed by atoms with Gasteiger partial charge in [-0.05, 0) is 45.8 Å². The molecule has 5 rings (SSSR count). The van der Waals surface area contributed by atoms with Gasteiger partial charge in [0.1, 0.15) is 32.3 Å². The van der Waals surface area contributed by atoms with Crippen LogP contribution >= 0.6 is 0 Å². The summed E-state index contributed by atoms with van der Waals surface area (Å²) in [6.07, 6.45) is 7.68. The summed E-state index contributed by atoms with van der Waals surface area (Å²) in [5.41, 5.74) is 18.8. The van der Waals surface area contributed by atoms with E-state index in [0.29, 0.717) is 0 Å². The van der Waals surface area contributed by atoms with Gasteiger partial charge in [-0.1, -0.05) is 102 Å². The first kappa shape index (κ1) is 33.5. The highest BCUT2D eigenvalue weighted by Gasteiger charge is 2.20. The minimum absolute atomic E-state index is 1.02. The molecule has 3 aromatic carbocycles. The summed E-state index contributed by atoms with van der Waals surface area (Å²) < 4.78 is 0. The lowest BCUT2D eigenvalue weighted by Gasteiger charge is -2.16. The number of hydrogen-bond donors (Lipinski definition) is 0. The smallest absolute Gasteiger partial charge is 0.129 e. The fourth-order valence-electron chi connectivity index (χ4n) is 5.17. The fourth-order valence-corrected chi connectivity index (χ4v) is 7.17. The maximum Gasteiger partial charge on any atom is 0.129 e. The van der Waals surface area contributed by atoms with Crippen molar-refractivity contribution in [3.8, 4) is 45.9 Å². The molecule has 0 aliphatic rings. The van der Waals surface area contributed by atoms with Gasteiger partial charge in [0.2, 0.25) is 0 Å². The zero-order chi connectivity index (χ0) is 33.7. The van der Waals surface area contributed by atoms with E-state index in [4.69, 9.17) is 0 Å². The van der Waals surface area contributed by atoms with Crippen molar-refractivity contribution >= 4 is 75.4 Å². The van der Waals surface area contributed by atoms with Gasteiger partial charge in [0, 0.05) is 68.6 Å². The summed E-state index contributed by atoms with van der Waals surface area (Å²) in [6, 6.07) is 8.87. The molecule has 0 amide bonds. The molecule has 6 heteroatoms. The molecule has 0 N–H and O–H groups in total. The van der Waals surface area contributed by atoms with Crippen LogP contribution in [0.3, 0.4) is 0 Å². The summed E-state index contributed by atoms with van der Waals surface area (Å²) in [5.74, 6) is 14.7. The Labute approximate surface area is 279 Å². The van der Waals surface area contributed by atoms with Crippen LogP contribution in [-0.4, -0.2) is 42.3 Å². The third kappa shape index (κ3) is 7.55. The van der Waals surface area contributed by atoms with Gasteiger partial charge in [0.25, 0.3) is 0 Å². The number of rotatable bonds is 0. The van der Waals surface area contributed by atoms with Crippen molar-refractivity contribution in [1.29, 1.82) is 0 Å². The van der Waals surface area contributed by atoms with Crippen LogP contribution in [0.5, 0.6) is 0 Å². The SMILES string of the molecule is C[Si](C)(C)C#Cc1c2ccncc2c(C#C[Si](C)(C)C)c2cc3c(C#C[Si](C)(C)C)c4ccncc4c(C#C[Si](C)(C)C)c3cc12. The third-order valence-electron chi connectivity index (χ3n) is 7.20. The van der Waals surface area contributed by atoms with E-state index in [0.717, 1.165) is 65.3 Å². The molecule has 0 fully saturated rings. The topological polar surface area (TPSA) is 25.8 Å². The number of aromatic nitrogens is 2. The minimum Gasteiger partial charge on any atom is -0.264 e. The van der Waals surface area contributed by atoms with Crippen molar-refractivity contribution < 1.29 is 0 Å². The molecule has 0 saturated carbocycles. The lowest BCUT2D eigenvalue weighted by molar-refractivity contribution is 1.36. The van der Waals surface area contributed by atoms with E-state index in [1.165, 1.54) is 0 Å². The Morgan fingerprint density at radius 2 is 0.630 bits per heavy atom. The summed E-state index contributed by atoms with van der Waals surface area (Å²) in [4.78, 5) is 9.16. The monoisotopic (exact) mass is 664 g/mol. The van der Waals surface area contributed by atoms with Gasteiger partial charge in [-0.25, -0.2) is 0 Å². The Kier molecular flexibility index (Phi) is 8.76. The molecule has 0 saturated heterocycles. The molecule has 2 heterocycles. The van der Waals surface area contributed by atoms with E-state index in [1.807, 2.05) is 24.8 Å². The molecule has 2 aromatic heterocycles. The molecular formula is C40H44N2Si4. The average molecular weight is 665 g/mol. The molecule has 0 unspecified atom stereocenters. The number of nitrogens with zero attached hydrogens (tertiary/aromatic N) is 2. The van der Waals surface area contributed by atoms with Crippen molar-refractivity contribution in [3.05, 3.63) is 71.3 Å². The first-order chi connectivity index (χ1) is 21.3. The third-order valence-corrected chi connectivity index (χ3v) is 10.7. The Hall–Kier alpha value is -3.89. The zero-order valence-corrected chi connectivity index (χ0v) is 33.5. The van der Waals surface area contributed by atoms with Crippen LogP contribution in [0.2, 0.25) is 78.6 Å². The van der Waals surface area contributed by atoms with Crippen molar-refractivity contribution in [2.24, 2.45) is 0 Å². The van der Waals surface area contributed by atoms with E-state index in [2.05, 4.69) is 159 Å². The number of pyridine rings is 2. The molecular weight excluding hydrogens is 621 g/mol. The Balaban J connectivity index is 2.14. The molecule has 0 aliphatic carbocycles. The van der Waals surface area contributed by atoms with Crippen LogP contribution in [0, 0.1) is 45.9 Å². The summed E-state index contributed by atoms with van der Waals surface area (Å²) >= 11 is 0. The summed E-state index contributed by atoms with van der Waals surface area (Å²) in [5, 5.41) is 8.74. The largest absolute Gasteiger partial charge is 0.264 e. The van der Waals surface area contributed by atoms with Crippen LogP contribution in [0.4, 0.5) is 0 Å². The van der Waals surface area contributed by atoms with E-state index in [-0.39, 0.29) is 0 Å². The molecule has 5 aromatic rings. The quantitative estimate of drug-likeness (QED) is 0.0936. The standard InChI is InChI=1S/C40H44N2Si4/c1-43(2,3)21-15-31-29-13-19-41-27-39(29)33(17-23-45(7,8)9)37-26-36-32(16-22-44(4,5)6)30-14-20-42-28-40(30)34(18-24-46(10,11)12)38(36)25-35(31)37/h13-14,19-20,25-28H,1-12H3. The van der Waals surface area contributed by atoms with Crippen molar-refractivity contribution in [2.75, 3.05) is 0 Å². The van der Waals surface area contributed by atoms with Gasteiger partial charge >= 0.3 is 0 Å².